The van der Waals surface area contributed by atoms with Gasteiger partial charge >= 0.3 is 0 Å². The minimum absolute atomic E-state index is 0.0577. The second-order valence-corrected chi connectivity index (χ2v) is 7.06. The summed E-state index contributed by atoms with van der Waals surface area (Å²) in [6.07, 6.45) is 1.63. The van der Waals surface area contributed by atoms with Crippen molar-refractivity contribution in [2.75, 3.05) is 0 Å². The van der Waals surface area contributed by atoms with Crippen molar-refractivity contribution in [1.82, 2.24) is 10.2 Å². The second-order valence-electron chi connectivity index (χ2n) is 7.06. The Labute approximate surface area is 144 Å². The molecule has 0 aliphatic rings. The summed E-state index contributed by atoms with van der Waals surface area (Å²) in [4.78, 5) is 26.8. The van der Waals surface area contributed by atoms with Gasteiger partial charge in [-0.1, -0.05) is 26.0 Å². The number of carbonyl (C=O) groups is 2. The van der Waals surface area contributed by atoms with Crippen LogP contribution in [0.5, 0.6) is 0 Å². The number of nitrogens with one attached hydrogen (secondary N) is 1. The van der Waals surface area contributed by atoms with Crippen molar-refractivity contribution in [1.29, 1.82) is 0 Å². The minimum Gasteiger partial charge on any atom is -0.350 e. The van der Waals surface area contributed by atoms with E-state index < -0.39 is 6.04 Å². The van der Waals surface area contributed by atoms with Gasteiger partial charge in [0, 0.05) is 18.5 Å². The Kier molecular flexibility index (Phi) is 7.39. The van der Waals surface area contributed by atoms with E-state index in [1.807, 2.05) is 34.6 Å². The summed E-state index contributed by atoms with van der Waals surface area (Å²) in [6.45, 7) is 9.87. The Balaban J connectivity index is 3.03. The molecule has 134 valence electrons. The first-order chi connectivity index (χ1) is 11.2. The van der Waals surface area contributed by atoms with Crippen LogP contribution in [0.2, 0.25) is 0 Å². The predicted molar refractivity (Wildman–Crippen MR) is 93.8 cm³/mol. The smallest absolute Gasteiger partial charge is 0.243 e. The summed E-state index contributed by atoms with van der Waals surface area (Å²) in [6, 6.07) is 5.50. The summed E-state index contributed by atoms with van der Waals surface area (Å²) in [5, 5.41) is 2.95. The third kappa shape index (κ3) is 6.30. The SMILES string of the molecule is CCCC(=O)N(Cc1ccc(F)cc1)C(CC)C(=O)NC(C)(C)C. The number of nitrogens with zero attached hydrogens (tertiary/aromatic N) is 1. The van der Waals surface area contributed by atoms with Gasteiger partial charge in [0.15, 0.2) is 0 Å². The molecule has 0 heterocycles. The van der Waals surface area contributed by atoms with Crippen molar-refractivity contribution in [2.24, 2.45) is 0 Å². The summed E-state index contributed by atoms with van der Waals surface area (Å²) in [7, 11) is 0. The predicted octanol–water partition coefficient (Wildman–Crippen LogP) is 3.65. The summed E-state index contributed by atoms with van der Waals surface area (Å²) < 4.78 is 13.1. The average Bonchev–Trinajstić information content (AvgIpc) is 2.47. The van der Waals surface area contributed by atoms with Gasteiger partial charge in [-0.05, 0) is 51.3 Å². The highest BCUT2D eigenvalue weighted by atomic mass is 19.1. The second kappa shape index (κ2) is 8.81. The Morgan fingerprint density at radius 2 is 1.75 bits per heavy atom. The standard InChI is InChI=1S/C19H29FN2O2/c1-6-8-17(23)22(13-14-9-11-15(20)12-10-14)16(7-2)18(24)21-19(3,4)5/h9-12,16H,6-8,13H2,1-5H3,(H,21,24). The highest BCUT2D eigenvalue weighted by Crippen LogP contribution is 2.15. The zero-order chi connectivity index (χ0) is 18.3. The van der Waals surface area contributed by atoms with Crippen LogP contribution in [0.15, 0.2) is 24.3 Å². The van der Waals surface area contributed by atoms with Gasteiger partial charge in [0.05, 0.1) is 0 Å². The lowest BCUT2D eigenvalue weighted by atomic mass is 10.0. The van der Waals surface area contributed by atoms with Gasteiger partial charge in [-0.2, -0.15) is 0 Å². The van der Waals surface area contributed by atoms with Crippen molar-refractivity contribution in [3.8, 4) is 0 Å². The lowest BCUT2D eigenvalue weighted by Crippen LogP contribution is -2.53. The van der Waals surface area contributed by atoms with E-state index in [-0.39, 0.29) is 23.2 Å². The van der Waals surface area contributed by atoms with Gasteiger partial charge in [-0.15, -0.1) is 0 Å². The number of hydrogen-bond donors (Lipinski definition) is 1. The molecule has 1 unspecified atom stereocenters. The molecule has 1 atom stereocenters. The summed E-state index contributed by atoms with van der Waals surface area (Å²) >= 11 is 0. The van der Waals surface area contributed by atoms with Crippen LogP contribution in [0.1, 0.15) is 59.4 Å². The molecule has 0 aliphatic heterocycles. The van der Waals surface area contributed by atoms with Gasteiger partial charge < -0.3 is 10.2 Å². The molecule has 2 amide bonds. The van der Waals surface area contributed by atoms with E-state index in [0.29, 0.717) is 19.4 Å². The molecule has 24 heavy (non-hydrogen) atoms. The van der Waals surface area contributed by atoms with Crippen molar-refractivity contribution in [3.63, 3.8) is 0 Å². The third-order valence-corrected chi connectivity index (χ3v) is 3.61. The highest BCUT2D eigenvalue weighted by molar-refractivity contribution is 5.88. The molecule has 1 aromatic rings. The van der Waals surface area contributed by atoms with E-state index in [1.165, 1.54) is 12.1 Å². The van der Waals surface area contributed by atoms with Crippen LogP contribution < -0.4 is 5.32 Å². The van der Waals surface area contributed by atoms with Gasteiger partial charge in [-0.3, -0.25) is 9.59 Å². The monoisotopic (exact) mass is 336 g/mol. The Morgan fingerprint density at radius 3 is 2.21 bits per heavy atom. The minimum atomic E-state index is -0.534. The van der Waals surface area contributed by atoms with E-state index in [1.54, 1.807) is 17.0 Å². The fourth-order valence-electron chi connectivity index (χ4n) is 2.52. The van der Waals surface area contributed by atoms with E-state index >= 15 is 0 Å². The number of amides is 2. The zero-order valence-corrected chi connectivity index (χ0v) is 15.4. The molecule has 0 aliphatic carbocycles. The molecule has 0 spiro atoms. The van der Waals surface area contributed by atoms with E-state index in [4.69, 9.17) is 0 Å². The van der Waals surface area contributed by atoms with E-state index in [0.717, 1.165) is 12.0 Å². The number of carbonyl (C=O) groups excluding carboxylic acids is 2. The first-order valence-electron chi connectivity index (χ1n) is 8.53. The molecular formula is C19H29FN2O2. The number of halogens is 1. The fraction of sp³-hybridized carbons (Fsp3) is 0.579. The first-order valence-corrected chi connectivity index (χ1v) is 8.53. The topological polar surface area (TPSA) is 49.4 Å². The summed E-state index contributed by atoms with van der Waals surface area (Å²) in [5.41, 5.74) is 0.447. The van der Waals surface area contributed by atoms with Crippen molar-refractivity contribution < 1.29 is 14.0 Å². The zero-order valence-electron chi connectivity index (χ0n) is 15.4. The lowest BCUT2D eigenvalue weighted by Gasteiger charge is -2.33. The highest BCUT2D eigenvalue weighted by Gasteiger charge is 2.30. The van der Waals surface area contributed by atoms with E-state index in [9.17, 15) is 14.0 Å². The molecule has 5 heteroatoms. The molecule has 4 nitrogen and oxygen atoms in total. The van der Waals surface area contributed by atoms with Gasteiger partial charge in [0.1, 0.15) is 11.9 Å². The molecular weight excluding hydrogens is 307 g/mol. The molecule has 0 aromatic heterocycles. The Hall–Kier alpha value is -1.91. The van der Waals surface area contributed by atoms with Crippen LogP contribution in [0.4, 0.5) is 4.39 Å². The van der Waals surface area contributed by atoms with Crippen LogP contribution in [-0.2, 0) is 16.1 Å². The van der Waals surface area contributed by atoms with Crippen LogP contribution in [0.25, 0.3) is 0 Å². The molecule has 0 bridgehead atoms. The average molecular weight is 336 g/mol. The maximum Gasteiger partial charge on any atom is 0.243 e. The molecule has 0 fully saturated rings. The lowest BCUT2D eigenvalue weighted by molar-refractivity contribution is -0.142. The van der Waals surface area contributed by atoms with Crippen LogP contribution >= 0.6 is 0 Å². The molecule has 0 saturated heterocycles. The maximum absolute atomic E-state index is 13.1. The largest absolute Gasteiger partial charge is 0.350 e. The number of benzene rings is 1. The van der Waals surface area contributed by atoms with Crippen LogP contribution in [0, 0.1) is 5.82 Å². The van der Waals surface area contributed by atoms with Gasteiger partial charge in [0.2, 0.25) is 11.8 Å². The maximum atomic E-state index is 13.1. The molecule has 1 aromatic carbocycles. The molecule has 1 N–H and O–H groups in total. The summed E-state index contributed by atoms with van der Waals surface area (Å²) in [5.74, 6) is -0.531. The van der Waals surface area contributed by atoms with E-state index in [2.05, 4.69) is 5.32 Å². The first kappa shape index (κ1) is 20.1. The van der Waals surface area contributed by atoms with Crippen molar-refractivity contribution >= 4 is 11.8 Å². The molecule has 1 rings (SSSR count). The van der Waals surface area contributed by atoms with Crippen molar-refractivity contribution in [2.45, 2.75) is 72.0 Å². The normalized spacial score (nSPS) is 12.6. The fourth-order valence-corrected chi connectivity index (χ4v) is 2.52. The van der Waals surface area contributed by atoms with Crippen LogP contribution in [0.3, 0.4) is 0 Å². The van der Waals surface area contributed by atoms with Crippen molar-refractivity contribution in [3.05, 3.63) is 35.6 Å². The van der Waals surface area contributed by atoms with Gasteiger partial charge in [0.25, 0.3) is 0 Å². The number of rotatable bonds is 7. The molecule has 0 radical (unpaired) electrons. The van der Waals surface area contributed by atoms with Crippen LogP contribution in [-0.4, -0.2) is 28.3 Å². The molecule has 0 saturated carbocycles. The Bertz CT molecular complexity index is 549. The third-order valence-electron chi connectivity index (χ3n) is 3.61. The van der Waals surface area contributed by atoms with Gasteiger partial charge in [-0.25, -0.2) is 4.39 Å². The quantitative estimate of drug-likeness (QED) is 0.826. The Morgan fingerprint density at radius 1 is 1.17 bits per heavy atom. The number of hydrogen-bond acceptors (Lipinski definition) is 2.